The summed E-state index contributed by atoms with van der Waals surface area (Å²) in [5, 5.41) is 8.16. The fourth-order valence-corrected chi connectivity index (χ4v) is 3.86. The van der Waals surface area contributed by atoms with Crippen LogP contribution in [0.15, 0.2) is 42.5 Å². The van der Waals surface area contributed by atoms with Crippen LogP contribution >= 0.6 is 0 Å². The lowest BCUT2D eigenvalue weighted by molar-refractivity contribution is 0.462. The molecule has 2 N–H and O–H groups in total. The summed E-state index contributed by atoms with van der Waals surface area (Å²) in [5.41, 5.74) is 4.46. The lowest BCUT2D eigenvalue weighted by Gasteiger charge is -2.24. The Labute approximate surface area is 155 Å². The Morgan fingerprint density at radius 3 is 2.38 bits per heavy atom. The van der Waals surface area contributed by atoms with E-state index in [2.05, 4.69) is 60.9 Å². The Kier molecular flexibility index (Phi) is 4.74. The monoisotopic (exact) mass is 346 g/mol. The van der Waals surface area contributed by atoms with E-state index in [0.717, 1.165) is 22.4 Å². The lowest BCUT2D eigenvalue weighted by atomic mass is 9.95. The number of fused-ring (bicyclic) bond motifs is 1. The fourth-order valence-electron chi connectivity index (χ4n) is 3.86. The molecule has 1 saturated carbocycles. The van der Waals surface area contributed by atoms with Gasteiger partial charge in [-0.3, -0.25) is 0 Å². The first-order valence-corrected chi connectivity index (χ1v) is 9.56. The van der Waals surface area contributed by atoms with Gasteiger partial charge in [-0.2, -0.15) is 4.98 Å². The number of nitrogens with one attached hydrogen (secondary N) is 2. The zero-order chi connectivity index (χ0) is 17.9. The van der Waals surface area contributed by atoms with Crippen LogP contribution in [0.4, 0.5) is 17.5 Å². The van der Waals surface area contributed by atoms with Gasteiger partial charge in [-0.05, 0) is 62.1 Å². The predicted octanol–water partition coefficient (Wildman–Crippen LogP) is 5.73. The van der Waals surface area contributed by atoms with E-state index >= 15 is 0 Å². The molecular weight excluding hydrogens is 320 g/mol. The molecule has 1 aliphatic rings. The summed E-state index contributed by atoms with van der Waals surface area (Å²) < 4.78 is 0. The third-order valence-electron chi connectivity index (χ3n) is 5.03. The summed E-state index contributed by atoms with van der Waals surface area (Å²) in [6, 6.07) is 15.2. The van der Waals surface area contributed by atoms with Gasteiger partial charge >= 0.3 is 0 Å². The minimum atomic E-state index is 0.510. The Bertz CT molecular complexity index is 893. The van der Waals surface area contributed by atoms with E-state index in [1.54, 1.807) is 0 Å². The molecule has 4 heteroatoms. The highest BCUT2D eigenvalue weighted by molar-refractivity contribution is 5.90. The molecule has 0 amide bonds. The molecule has 26 heavy (non-hydrogen) atoms. The van der Waals surface area contributed by atoms with Crippen molar-refractivity contribution in [2.45, 2.75) is 52.0 Å². The van der Waals surface area contributed by atoms with Gasteiger partial charge in [0.15, 0.2) is 0 Å². The second-order valence-electron chi connectivity index (χ2n) is 7.39. The van der Waals surface area contributed by atoms with Gasteiger partial charge in [0.1, 0.15) is 5.82 Å². The highest BCUT2D eigenvalue weighted by Crippen LogP contribution is 2.27. The first-order valence-electron chi connectivity index (χ1n) is 9.56. The second kappa shape index (κ2) is 7.32. The molecule has 0 saturated heterocycles. The van der Waals surface area contributed by atoms with Crippen LogP contribution in [0.25, 0.3) is 10.9 Å². The molecule has 0 aliphatic heterocycles. The predicted molar refractivity (Wildman–Crippen MR) is 109 cm³/mol. The molecule has 0 radical (unpaired) electrons. The minimum absolute atomic E-state index is 0.510. The molecule has 0 atom stereocenters. The molecular formula is C22H26N4. The number of aromatic nitrogens is 2. The van der Waals surface area contributed by atoms with Gasteiger partial charge < -0.3 is 10.6 Å². The molecule has 3 aromatic rings. The van der Waals surface area contributed by atoms with Crippen molar-refractivity contribution in [3.63, 3.8) is 0 Å². The van der Waals surface area contributed by atoms with Gasteiger partial charge in [0.2, 0.25) is 5.95 Å². The SMILES string of the molecule is Cc1cc(C)cc(Nc2nc(NC3CCCCC3)c3ccccc3n2)c1. The quantitative estimate of drug-likeness (QED) is 0.633. The number of para-hydroxylation sites is 1. The molecule has 134 valence electrons. The molecule has 1 aromatic heterocycles. The first-order chi connectivity index (χ1) is 12.7. The summed E-state index contributed by atoms with van der Waals surface area (Å²) in [4.78, 5) is 9.54. The van der Waals surface area contributed by atoms with Crippen LogP contribution < -0.4 is 10.6 Å². The van der Waals surface area contributed by atoms with Crippen LogP contribution in [0.2, 0.25) is 0 Å². The third-order valence-corrected chi connectivity index (χ3v) is 5.03. The highest BCUT2D eigenvalue weighted by Gasteiger charge is 2.16. The first kappa shape index (κ1) is 16.8. The van der Waals surface area contributed by atoms with E-state index < -0.39 is 0 Å². The number of hydrogen-bond donors (Lipinski definition) is 2. The standard InChI is InChI=1S/C22H26N4/c1-15-12-16(2)14-18(13-15)24-22-25-20-11-7-6-10-19(20)21(26-22)23-17-8-4-3-5-9-17/h6-7,10-14,17H,3-5,8-9H2,1-2H3,(H2,23,24,25,26). The van der Waals surface area contributed by atoms with Crippen molar-refractivity contribution in [2.24, 2.45) is 0 Å². The third kappa shape index (κ3) is 3.79. The Balaban J connectivity index is 1.68. The maximum atomic E-state index is 4.82. The van der Waals surface area contributed by atoms with Gasteiger partial charge in [0, 0.05) is 17.1 Å². The molecule has 1 heterocycles. The van der Waals surface area contributed by atoms with E-state index in [4.69, 9.17) is 9.97 Å². The van der Waals surface area contributed by atoms with Crippen molar-refractivity contribution < 1.29 is 0 Å². The van der Waals surface area contributed by atoms with E-state index in [1.807, 2.05) is 6.07 Å². The van der Waals surface area contributed by atoms with Crippen LogP contribution in [-0.4, -0.2) is 16.0 Å². The second-order valence-corrected chi connectivity index (χ2v) is 7.39. The van der Waals surface area contributed by atoms with Gasteiger partial charge in [-0.15, -0.1) is 0 Å². The van der Waals surface area contributed by atoms with Crippen LogP contribution in [0.5, 0.6) is 0 Å². The van der Waals surface area contributed by atoms with E-state index in [9.17, 15) is 0 Å². The van der Waals surface area contributed by atoms with Gasteiger partial charge in [0.25, 0.3) is 0 Å². The van der Waals surface area contributed by atoms with Crippen LogP contribution in [-0.2, 0) is 0 Å². The Morgan fingerprint density at radius 2 is 1.62 bits per heavy atom. The van der Waals surface area contributed by atoms with Crippen molar-refractivity contribution in [1.29, 1.82) is 0 Å². The lowest BCUT2D eigenvalue weighted by Crippen LogP contribution is -2.23. The van der Waals surface area contributed by atoms with E-state index in [-0.39, 0.29) is 0 Å². The average Bonchev–Trinajstić information content (AvgIpc) is 2.62. The maximum Gasteiger partial charge on any atom is 0.229 e. The summed E-state index contributed by atoms with van der Waals surface area (Å²) in [5.74, 6) is 1.58. The molecule has 0 spiro atoms. The molecule has 4 nitrogen and oxygen atoms in total. The van der Waals surface area contributed by atoms with Crippen molar-refractivity contribution >= 4 is 28.4 Å². The van der Waals surface area contributed by atoms with Crippen molar-refractivity contribution in [2.75, 3.05) is 10.6 Å². The smallest absolute Gasteiger partial charge is 0.229 e. The highest BCUT2D eigenvalue weighted by atomic mass is 15.2. The molecule has 1 fully saturated rings. The normalized spacial score (nSPS) is 15.2. The molecule has 0 bridgehead atoms. The van der Waals surface area contributed by atoms with Gasteiger partial charge in [-0.1, -0.05) is 37.5 Å². The van der Waals surface area contributed by atoms with Crippen molar-refractivity contribution in [3.8, 4) is 0 Å². The fraction of sp³-hybridized carbons (Fsp3) is 0.364. The maximum absolute atomic E-state index is 4.82. The van der Waals surface area contributed by atoms with Crippen molar-refractivity contribution in [1.82, 2.24) is 9.97 Å². The number of rotatable bonds is 4. The topological polar surface area (TPSA) is 49.8 Å². The van der Waals surface area contributed by atoms with E-state index in [0.29, 0.717) is 12.0 Å². The van der Waals surface area contributed by atoms with Crippen LogP contribution in [0.1, 0.15) is 43.2 Å². The molecule has 2 aromatic carbocycles. The molecule has 4 rings (SSSR count). The molecule has 1 aliphatic carbocycles. The Hall–Kier alpha value is -2.62. The number of hydrogen-bond acceptors (Lipinski definition) is 4. The summed E-state index contributed by atoms with van der Waals surface area (Å²) in [6.07, 6.45) is 6.39. The minimum Gasteiger partial charge on any atom is -0.367 e. The van der Waals surface area contributed by atoms with E-state index in [1.165, 1.54) is 43.2 Å². The average molecular weight is 346 g/mol. The number of nitrogens with zero attached hydrogens (tertiary/aromatic N) is 2. The number of anilines is 3. The summed E-state index contributed by atoms with van der Waals surface area (Å²) in [7, 11) is 0. The number of aryl methyl sites for hydroxylation is 2. The summed E-state index contributed by atoms with van der Waals surface area (Å²) in [6.45, 7) is 4.21. The largest absolute Gasteiger partial charge is 0.367 e. The zero-order valence-corrected chi connectivity index (χ0v) is 15.5. The van der Waals surface area contributed by atoms with Crippen LogP contribution in [0, 0.1) is 13.8 Å². The van der Waals surface area contributed by atoms with Crippen molar-refractivity contribution in [3.05, 3.63) is 53.6 Å². The van der Waals surface area contributed by atoms with Gasteiger partial charge in [0.05, 0.1) is 5.52 Å². The number of benzene rings is 2. The van der Waals surface area contributed by atoms with Crippen LogP contribution in [0.3, 0.4) is 0 Å². The zero-order valence-electron chi connectivity index (χ0n) is 15.5. The Morgan fingerprint density at radius 1 is 0.885 bits per heavy atom. The summed E-state index contributed by atoms with van der Waals surface area (Å²) >= 11 is 0. The van der Waals surface area contributed by atoms with Gasteiger partial charge in [-0.25, -0.2) is 4.98 Å². The molecule has 0 unspecified atom stereocenters.